The molecular weight excluding hydrogens is 433 g/mol. The number of hydrazine groups is 1. The van der Waals surface area contributed by atoms with Gasteiger partial charge in [0.1, 0.15) is 18.5 Å². The van der Waals surface area contributed by atoms with Gasteiger partial charge in [0.05, 0.1) is 39.8 Å². The van der Waals surface area contributed by atoms with Gasteiger partial charge in [-0.1, -0.05) is 12.1 Å². The maximum Gasteiger partial charge on any atom is 0.240 e. The predicted molar refractivity (Wildman–Crippen MR) is 123 cm³/mol. The summed E-state index contributed by atoms with van der Waals surface area (Å²) in [5.74, 6) is 0.588. The van der Waals surface area contributed by atoms with Crippen LogP contribution in [-0.4, -0.2) is 43.1 Å². The van der Waals surface area contributed by atoms with E-state index in [1.165, 1.54) is 12.2 Å². The fourth-order valence-corrected chi connectivity index (χ4v) is 5.45. The fraction of sp³-hybridized carbons (Fsp3) is 0.318. The van der Waals surface area contributed by atoms with E-state index in [1.54, 1.807) is 49.9 Å². The van der Waals surface area contributed by atoms with Crippen LogP contribution in [0.5, 0.6) is 5.75 Å². The number of hydrogen-bond acceptors (Lipinski definition) is 6. The van der Waals surface area contributed by atoms with Gasteiger partial charge < -0.3 is 10.2 Å². The molecule has 2 heterocycles. The summed E-state index contributed by atoms with van der Waals surface area (Å²) in [7, 11) is -3.67. The Bertz CT molecular complexity index is 1250. The third-order valence-corrected chi connectivity index (χ3v) is 7.16. The van der Waals surface area contributed by atoms with Gasteiger partial charge in [0.25, 0.3) is 0 Å². The van der Waals surface area contributed by atoms with Gasteiger partial charge in [0.15, 0.2) is 0 Å². The molecule has 4 rings (SSSR count). The van der Waals surface area contributed by atoms with Gasteiger partial charge in [0, 0.05) is 5.70 Å². The summed E-state index contributed by atoms with van der Waals surface area (Å²) in [6.45, 7) is 5.38. The Labute approximate surface area is 186 Å². The molecule has 8 nitrogen and oxygen atoms in total. The molecule has 0 radical (unpaired) electrons. The molecule has 0 bridgehead atoms. The fourth-order valence-electron chi connectivity index (χ4n) is 3.75. The van der Waals surface area contributed by atoms with Crippen molar-refractivity contribution in [2.75, 3.05) is 6.61 Å². The summed E-state index contributed by atoms with van der Waals surface area (Å²) < 4.78 is 49.4. The highest BCUT2D eigenvalue weighted by Gasteiger charge is 2.31. The van der Waals surface area contributed by atoms with Crippen LogP contribution >= 0.6 is 0 Å². The van der Waals surface area contributed by atoms with Crippen molar-refractivity contribution in [2.45, 2.75) is 39.0 Å². The minimum absolute atomic E-state index is 0.139. The third kappa shape index (κ3) is 4.47. The Morgan fingerprint density at radius 2 is 2.16 bits per heavy atom. The van der Waals surface area contributed by atoms with E-state index in [1.807, 2.05) is 18.2 Å². The van der Waals surface area contributed by atoms with Crippen LogP contribution in [0.3, 0.4) is 0 Å². The maximum absolute atomic E-state index is 13.6. The van der Waals surface area contributed by atoms with Gasteiger partial charge in [-0.25, -0.2) is 27.6 Å². The van der Waals surface area contributed by atoms with Gasteiger partial charge in [-0.2, -0.15) is 5.10 Å². The van der Waals surface area contributed by atoms with E-state index >= 15 is 0 Å². The average molecular weight is 460 g/mol. The lowest BCUT2D eigenvalue weighted by Crippen LogP contribution is -2.40. The lowest BCUT2D eigenvalue weighted by Gasteiger charge is -2.17. The molecule has 1 aliphatic heterocycles. The lowest BCUT2D eigenvalue weighted by atomic mass is 10.2. The minimum Gasteiger partial charge on any atom is -0.491 e. The number of allylic oxidation sites excluding steroid dienone is 7. The van der Waals surface area contributed by atoms with Gasteiger partial charge in [-0.3, -0.25) is 0 Å². The number of aromatic nitrogens is 2. The van der Waals surface area contributed by atoms with Gasteiger partial charge in [-0.05, 0) is 57.2 Å². The molecule has 32 heavy (non-hydrogen) atoms. The second kappa shape index (κ2) is 8.89. The lowest BCUT2D eigenvalue weighted by molar-refractivity contribution is 0.291. The number of alkyl halides is 1. The van der Waals surface area contributed by atoms with E-state index in [2.05, 4.69) is 20.7 Å². The van der Waals surface area contributed by atoms with Crippen molar-refractivity contribution in [2.24, 2.45) is 0 Å². The standard InChI is InChI=1S/C22H26FN5O3S/c1-14(27-32(29,30)22-15(2)25-26-16(22)3)13-31-21-9-5-8-20-19(21)12-24-28(20)18-7-4-6-17(23)10-11-18/h4-12,14-15,17,25-27H,13H2,1-3H3. The van der Waals surface area contributed by atoms with E-state index < -0.39 is 22.2 Å². The summed E-state index contributed by atoms with van der Waals surface area (Å²) >= 11 is 0. The summed E-state index contributed by atoms with van der Waals surface area (Å²) in [5, 5.41) is 5.21. The van der Waals surface area contributed by atoms with Crippen molar-refractivity contribution in [3.63, 3.8) is 0 Å². The molecule has 1 aromatic carbocycles. The van der Waals surface area contributed by atoms with Crippen molar-refractivity contribution < 1.29 is 17.5 Å². The van der Waals surface area contributed by atoms with E-state index in [0.29, 0.717) is 16.4 Å². The quantitative estimate of drug-likeness (QED) is 0.589. The van der Waals surface area contributed by atoms with Gasteiger partial charge in [-0.15, -0.1) is 0 Å². The molecule has 2 aliphatic rings. The van der Waals surface area contributed by atoms with Crippen molar-refractivity contribution in [3.05, 3.63) is 65.4 Å². The minimum atomic E-state index is -3.67. The average Bonchev–Trinajstić information content (AvgIpc) is 3.25. The van der Waals surface area contributed by atoms with Crippen LogP contribution in [0.1, 0.15) is 20.8 Å². The number of hydrogen-bond donors (Lipinski definition) is 3. The summed E-state index contributed by atoms with van der Waals surface area (Å²) in [6.07, 6.45) is 8.61. The van der Waals surface area contributed by atoms with Crippen molar-refractivity contribution in [3.8, 4) is 5.75 Å². The van der Waals surface area contributed by atoms with Crippen LogP contribution in [0.15, 0.2) is 65.4 Å². The van der Waals surface area contributed by atoms with Crippen LogP contribution in [0.4, 0.5) is 4.39 Å². The van der Waals surface area contributed by atoms with Crippen LogP contribution in [0.25, 0.3) is 16.6 Å². The first-order valence-electron chi connectivity index (χ1n) is 10.3. The number of nitrogens with zero attached hydrogens (tertiary/aromatic N) is 2. The summed E-state index contributed by atoms with van der Waals surface area (Å²) in [5.41, 5.74) is 7.85. The highest BCUT2D eigenvalue weighted by molar-refractivity contribution is 7.93. The zero-order valence-electron chi connectivity index (χ0n) is 18.0. The Morgan fingerprint density at radius 3 is 2.91 bits per heavy atom. The van der Waals surface area contributed by atoms with Gasteiger partial charge in [0.2, 0.25) is 10.0 Å². The molecule has 2 aromatic rings. The normalized spacial score (nSPS) is 22.1. The number of sulfonamides is 1. The summed E-state index contributed by atoms with van der Waals surface area (Å²) in [4.78, 5) is 0.294. The van der Waals surface area contributed by atoms with Crippen LogP contribution in [-0.2, 0) is 10.0 Å². The molecule has 0 saturated carbocycles. The molecule has 1 aliphatic carbocycles. The van der Waals surface area contributed by atoms with E-state index in [0.717, 1.165) is 16.6 Å². The topological polar surface area (TPSA) is 97.3 Å². The number of halogens is 1. The first-order chi connectivity index (χ1) is 15.3. The number of ether oxygens (including phenoxy) is 1. The first kappa shape index (κ1) is 22.3. The number of nitrogens with one attached hydrogen (secondary N) is 3. The third-order valence-electron chi connectivity index (χ3n) is 5.20. The molecule has 3 atom stereocenters. The van der Waals surface area contributed by atoms with Crippen LogP contribution < -0.4 is 20.3 Å². The van der Waals surface area contributed by atoms with Crippen molar-refractivity contribution >= 4 is 26.6 Å². The Hall–Kier alpha value is -2.95. The molecule has 3 N–H and O–H groups in total. The molecule has 0 spiro atoms. The molecule has 10 heteroatoms. The number of benzene rings is 1. The Kier molecular flexibility index (Phi) is 6.18. The summed E-state index contributed by atoms with van der Waals surface area (Å²) in [6, 6.07) is 4.76. The number of rotatable bonds is 7. The predicted octanol–water partition coefficient (Wildman–Crippen LogP) is 2.76. The largest absolute Gasteiger partial charge is 0.491 e. The van der Waals surface area contributed by atoms with Crippen molar-refractivity contribution in [1.29, 1.82) is 0 Å². The zero-order chi connectivity index (χ0) is 22.9. The van der Waals surface area contributed by atoms with E-state index in [-0.39, 0.29) is 12.6 Å². The zero-order valence-corrected chi connectivity index (χ0v) is 18.9. The molecule has 0 saturated heterocycles. The second-order valence-corrected chi connectivity index (χ2v) is 9.52. The number of fused-ring (bicyclic) bond motifs is 1. The molecular formula is C22H26FN5O3S. The molecule has 170 valence electrons. The maximum atomic E-state index is 13.6. The molecule has 0 fully saturated rings. The smallest absolute Gasteiger partial charge is 0.240 e. The highest BCUT2D eigenvalue weighted by atomic mass is 32.2. The SMILES string of the molecule is CC1=C(S(=O)(=O)NC(C)COc2cccc3c2cnn3C2=CC=CC(F)C=C2)C(C)NN1. The molecule has 1 aromatic heterocycles. The highest BCUT2D eigenvalue weighted by Crippen LogP contribution is 2.28. The second-order valence-electron chi connectivity index (χ2n) is 7.84. The Morgan fingerprint density at radius 1 is 1.34 bits per heavy atom. The molecule has 0 amide bonds. The molecule has 3 unspecified atom stereocenters. The van der Waals surface area contributed by atoms with E-state index in [9.17, 15) is 12.8 Å². The first-order valence-corrected chi connectivity index (χ1v) is 11.8. The van der Waals surface area contributed by atoms with Crippen molar-refractivity contribution in [1.82, 2.24) is 25.4 Å². The Balaban J connectivity index is 1.49. The van der Waals surface area contributed by atoms with Crippen LogP contribution in [0, 0.1) is 0 Å². The van der Waals surface area contributed by atoms with Crippen LogP contribution in [0.2, 0.25) is 0 Å². The monoisotopic (exact) mass is 459 g/mol. The van der Waals surface area contributed by atoms with Gasteiger partial charge >= 0.3 is 0 Å². The van der Waals surface area contributed by atoms with E-state index in [4.69, 9.17) is 4.74 Å².